The zero-order valence-electron chi connectivity index (χ0n) is 11.2. The zero-order chi connectivity index (χ0) is 13.1. The van der Waals surface area contributed by atoms with Gasteiger partial charge in [0.25, 0.3) is 0 Å². The van der Waals surface area contributed by atoms with Crippen LogP contribution in [0.5, 0.6) is 0 Å². The molecule has 0 unspecified atom stereocenters. The molecule has 1 rings (SSSR count). The van der Waals surface area contributed by atoms with Crippen LogP contribution in [0.3, 0.4) is 0 Å². The van der Waals surface area contributed by atoms with Crippen molar-refractivity contribution in [2.45, 2.75) is 13.5 Å². The lowest BCUT2D eigenvalue weighted by Gasteiger charge is -2.08. The molecule has 0 bridgehead atoms. The Hall–Kier alpha value is -0.940. The summed E-state index contributed by atoms with van der Waals surface area (Å²) in [6.45, 7) is 7.00. The molecular formula is C14H24N2O2. The molecule has 0 atom stereocenters. The number of hydrogen-bond acceptors (Lipinski definition) is 4. The van der Waals surface area contributed by atoms with E-state index in [0.29, 0.717) is 33.0 Å². The van der Waals surface area contributed by atoms with Crippen LogP contribution in [0.15, 0.2) is 24.3 Å². The highest BCUT2D eigenvalue weighted by Crippen LogP contribution is 2.05. The van der Waals surface area contributed by atoms with E-state index in [4.69, 9.17) is 15.2 Å². The summed E-state index contributed by atoms with van der Waals surface area (Å²) < 4.78 is 10.6. The van der Waals surface area contributed by atoms with E-state index in [1.54, 1.807) is 0 Å². The van der Waals surface area contributed by atoms with Gasteiger partial charge in [0, 0.05) is 19.6 Å². The fourth-order valence-corrected chi connectivity index (χ4v) is 1.58. The Kier molecular flexibility index (Phi) is 8.42. The van der Waals surface area contributed by atoms with Crippen molar-refractivity contribution < 1.29 is 9.47 Å². The minimum atomic E-state index is 0.567. The first kappa shape index (κ1) is 15.1. The summed E-state index contributed by atoms with van der Waals surface area (Å²) in [6.07, 6.45) is 0. The fraction of sp³-hybridized carbons (Fsp3) is 0.571. The fourth-order valence-electron chi connectivity index (χ4n) is 1.58. The molecule has 18 heavy (non-hydrogen) atoms. The SMILES string of the molecule is Cc1ccccc1CNCCOCCOCCN. The quantitative estimate of drug-likeness (QED) is 0.612. The van der Waals surface area contributed by atoms with Crippen molar-refractivity contribution in [2.24, 2.45) is 5.73 Å². The van der Waals surface area contributed by atoms with Gasteiger partial charge in [-0.25, -0.2) is 0 Å². The van der Waals surface area contributed by atoms with Gasteiger partial charge in [-0.2, -0.15) is 0 Å². The van der Waals surface area contributed by atoms with Gasteiger partial charge in [0.15, 0.2) is 0 Å². The Bertz CT molecular complexity index is 318. The summed E-state index contributed by atoms with van der Waals surface area (Å²) in [4.78, 5) is 0. The van der Waals surface area contributed by atoms with Crippen LogP contribution in [0.25, 0.3) is 0 Å². The normalized spacial score (nSPS) is 10.8. The van der Waals surface area contributed by atoms with E-state index in [1.807, 2.05) is 0 Å². The van der Waals surface area contributed by atoms with E-state index in [-0.39, 0.29) is 0 Å². The first-order valence-electron chi connectivity index (χ1n) is 6.45. The maximum Gasteiger partial charge on any atom is 0.0701 e. The van der Waals surface area contributed by atoms with E-state index in [2.05, 4.69) is 36.5 Å². The molecule has 0 saturated carbocycles. The van der Waals surface area contributed by atoms with Gasteiger partial charge in [0.2, 0.25) is 0 Å². The van der Waals surface area contributed by atoms with E-state index in [1.165, 1.54) is 11.1 Å². The highest BCUT2D eigenvalue weighted by molar-refractivity contribution is 5.25. The van der Waals surface area contributed by atoms with Gasteiger partial charge < -0.3 is 20.5 Å². The highest BCUT2D eigenvalue weighted by Gasteiger charge is 1.95. The maximum absolute atomic E-state index is 5.42. The number of aryl methyl sites for hydroxylation is 1. The zero-order valence-corrected chi connectivity index (χ0v) is 11.2. The first-order valence-corrected chi connectivity index (χ1v) is 6.45. The minimum Gasteiger partial charge on any atom is -0.378 e. The van der Waals surface area contributed by atoms with Crippen LogP contribution in [0.2, 0.25) is 0 Å². The van der Waals surface area contributed by atoms with Crippen molar-refractivity contribution in [1.29, 1.82) is 0 Å². The maximum atomic E-state index is 5.42. The Morgan fingerprint density at radius 1 is 1.06 bits per heavy atom. The molecule has 3 N–H and O–H groups in total. The highest BCUT2D eigenvalue weighted by atomic mass is 16.5. The Balaban J connectivity index is 1.94. The number of benzene rings is 1. The summed E-state index contributed by atoms with van der Waals surface area (Å²) >= 11 is 0. The molecule has 0 radical (unpaired) electrons. The largest absolute Gasteiger partial charge is 0.378 e. The standard InChI is InChI=1S/C14H24N2O2/c1-13-4-2-3-5-14(13)12-16-7-9-18-11-10-17-8-6-15/h2-5,16H,6-12,15H2,1H3. The summed E-state index contributed by atoms with van der Waals surface area (Å²) in [5.74, 6) is 0. The minimum absolute atomic E-state index is 0.567. The van der Waals surface area contributed by atoms with Crippen molar-refractivity contribution in [3.05, 3.63) is 35.4 Å². The number of nitrogens with two attached hydrogens (primary N) is 1. The number of rotatable bonds is 10. The predicted octanol–water partition coefficient (Wildman–Crippen LogP) is 1.08. The Morgan fingerprint density at radius 3 is 2.50 bits per heavy atom. The molecule has 0 heterocycles. The lowest BCUT2D eigenvalue weighted by Crippen LogP contribution is -2.21. The van der Waals surface area contributed by atoms with Crippen LogP contribution < -0.4 is 11.1 Å². The molecule has 0 aliphatic heterocycles. The van der Waals surface area contributed by atoms with Gasteiger partial charge in [0.1, 0.15) is 0 Å². The number of hydrogen-bond donors (Lipinski definition) is 2. The second-order valence-corrected chi connectivity index (χ2v) is 4.12. The van der Waals surface area contributed by atoms with Crippen molar-refractivity contribution in [1.82, 2.24) is 5.32 Å². The molecule has 0 aliphatic rings. The average molecular weight is 252 g/mol. The van der Waals surface area contributed by atoms with Gasteiger partial charge in [-0.3, -0.25) is 0 Å². The van der Waals surface area contributed by atoms with Crippen molar-refractivity contribution >= 4 is 0 Å². The third-order valence-electron chi connectivity index (χ3n) is 2.63. The van der Waals surface area contributed by atoms with E-state index < -0.39 is 0 Å². The molecule has 0 aromatic heterocycles. The third-order valence-corrected chi connectivity index (χ3v) is 2.63. The Morgan fingerprint density at radius 2 is 1.78 bits per heavy atom. The topological polar surface area (TPSA) is 56.5 Å². The molecule has 102 valence electrons. The van der Waals surface area contributed by atoms with Crippen LogP contribution in [0, 0.1) is 6.92 Å². The molecule has 4 nitrogen and oxygen atoms in total. The van der Waals surface area contributed by atoms with E-state index in [0.717, 1.165) is 13.1 Å². The molecule has 0 saturated heterocycles. The third kappa shape index (κ3) is 6.71. The van der Waals surface area contributed by atoms with E-state index in [9.17, 15) is 0 Å². The summed E-state index contributed by atoms with van der Waals surface area (Å²) in [5.41, 5.74) is 7.96. The molecule has 4 heteroatoms. The summed E-state index contributed by atoms with van der Waals surface area (Å²) in [5, 5.41) is 3.36. The predicted molar refractivity (Wildman–Crippen MR) is 73.6 cm³/mol. The van der Waals surface area contributed by atoms with Crippen LogP contribution in [-0.4, -0.2) is 39.5 Å². The molecular weight excluding hydrogens is 228 g/mol. The monoisotopic (exact) mass is 252 g/mol. The van der Waals surface area contributed by atoms with Gasteiger partial charge in [-0.15, -0.1) is 0 Å². The van der Waals surface area contributed by atoms with Crippen molar-refractivity contribution in [2.75, 3.05) is 39.5 Å². The van der Waals surface area contributed by atoms with Gasteiger partial charge in [-0.1, -0.05) is 24.3 Å². The number of nitrogens with one attached hydrogen (secondary N) is 1. The Labute approximate surface area is 109 Å². The van der Waals surface area contributed by atoms with E-state index >= 15 is 0 Å². The van der Waals surface area contributed by atoms with Crippen LogP contribution >= 0.6 is 0 Å². The van der Waals surface area contributed by atoms with Crippen molar-refractivity contribution in [3.63, 3.8) is 0 Å². The van der Waals surface area contributed by atoms with Crippen LogP contribution in [-0.2, 0) is 16.0 Å². The lowest BCUT2D eigenvalue weighted by molar-refractivity contribution is 0.0518. The smallest absolute Gasteiger partial charge is 0.0701 e. The second-order valence-electron chi connectivity index (χ2n) is 4.12. The molecule has 1 aromatic carbocycles. The van der Waals surface area contributed by atoms with Gasteiger partial charge >= 0.3 is 0 Å². The molecule has 0 fully saturated rings. The van der Waals surface area contributed by atoms with Crippen molar-refractivity contribution in [3.8, 4) is 0 Å². The average Bonchev–Trinajstić information content (AvgIpc) is 2.39. The second kappa shape index (κ2) is 10.0. The van der Waals surface area contributed by atoms with Crippen LogP contribution in [0.1, 0.15) is 11.1 Å². The number of ether oxygens (including phenoxy) is 2. The molecule has 0 amide bonds. The first-order chi connectivity index (χ1) is 8.84. The molecule has 0 aliphatic carbocycles. The summed E-state index contributed by atoms with van der Waals surface area (Å²) in [7, 11) is 0. The van der Waals surface area contributed by atoms with Gasteiger partial charge in [-0.05, 0) is 18.1 Å². The molecule has 1 aromatic rings. The lowest BCUT2D eigenvalue weighted by atomic mass is 10.1. The summed E-state index contributed by atoms with van der Waals surface area (Å²) in [6, 6.07) is 8.39. The van der Waals surface area contributed by atoms with Crippen LogP contribution in [0.4, 0.5) is 0 Å². The molecule has 0 spiro atoms. The van der Waals surface area contributed by atoms with Gasteiger partial charge in [0.05, 0.1) is 26.4 Å².